The Balaban J connectivity index is 1.37. The Morgan fingerprint density at radius 1 is 1.23 bits per heavy atom. The van der Waals surface area contributed by atoms with Gasteiger partial charge in [0.25, 0.3) is 5.91 Å². The molecule has 1 N–H and O–H groups in total. The van der Waals surface area contributed by atoms with Gasteiger partial charge in [-0.1, -0.05) is 12.1 Å². The standard InChI is InChI=1S/C24H27N9O2/c1-15-8-10-21-28-29-22(33(15)21)18-6-5-7-19(26-18)27-23(34)17-14-32(30-24(17)35-4)20-11-9-16(12-25-20)13-31(2)3/h5-7,9,11-12,14-15H,8,10,13H2,1-4H3,(H,26,27,34)/t15-/m0/s1. The number of amides is 1. The maximum absolute atomic E-state index is 13.1. The van der Waals surface area contributed by atoms with E-state index in [2.05, 4.69) is 47.0 Å². The molecule has 0 saturated carbocycles. The molecule has 0 aromatic carbocycles. The number of nitrogens with zero attached hydrogens (tertiary/aromatic N) is 8. The van der Waals surface area contributed by atoms with Crippen molar-refractivity contribution in [2.45, 2.75) is 32.4 Å². The van der Waals surface area contributed by atoms with Crippen molar-refractivity contribution in [2.24, 2.45) is 0 Å². The van der Waals surface area contributed by atoms with Gasteiger partial charge >= 0.3 is 0 Å². The van der Waals surface area contributed by atoms with Gasteiger partial charge in [0.2, 0.25) is 5.88 Å². The normalized spacial score (nSPS) is 14.8. The molecule has 0 saturated heterocycles. The molecule has 1 amide bonds. The van der Waals surface area contributed by atoms with E-state index in [0.717, 1.165) is 30.8 Å². The highest BCUT2D eigenvalue weighted by molar-refractivity contribution is 6.05. The smallest absolute Gasteiger partial charge is 0.263 e. The summed E-state index contributed by atoms with van der Waals surface area (Å²) in [6, 6.07) is 9.58. The van der Waals surface area contributed by atoms with Crippen LogP contribution in [0.2, 0.25) is 0 Å². The minimum atomic E-state index is -0.387. The quantitative estimate of drug-likeness (QED) is 0.436. The Morgan fingerprint density at radius 3 is 2.83 bits per heavy atom. The first kappa shape index (κ1) is 22.7. The Bertz CT molecular complexity index is 1360. The lowest BCUT2D eigenvalue weighted by Crippen LogP contribution is -2.14. The molecule has 11 nitrogen and oxygen atoms in total. The van der Waals surface area contributed by atoms with E-state index in [1.54, 1.807) is 18.5 Å². The number of carbonyl (C=O) groups is 1. The third kappa shape index (κ3) is 4.50. The van der Waals surface area contributed by atoms with Crippen LogP contribution in [0.4, 0.5) is 5.82 Å². The number of pyridine rings is 2. The molecule has 0 bridgehead atoms. The number of hydrogen-bond acceptors (Lipinski definition) is 8. The molecule has 180 valence electrons. The van der Waals surface area contributed by atoms with E-state index >= 15 is 0 Å². The number of fused-ring (bicyclic) bond motifs is 1. The fourth-order valence-corrected chi connectivity index (χ4v) is 4.20. The second-order valence-corrected chi connectivity index (χ2v) is 8.82. The molecule has 1 aliphatic heterocycles. The minimum Gasteiger partial charge on any atom is -0.479 e. The van der Waals surface area contributed by atoms with Gasteiger partial charge < -0.3 is 19.5 Å². The lowest BCUT2D eigenvalue weighted by Gasteiger charge is -2.10. The summed E-state index contributed by atoms with van der Waals surface area (Å²) >= 11 is 0. The van der Waals surface area contributed by atoms with Crippen molar-refractivity contribution in [1.82, 2.24) is 39.4 Å². The van der Waals surface area contributed by atoms with E-state index in [0.29, 0.717) is 29.2 Å². The van der Waals surface area contributed by atoms with Gasteiger partial charge in [-0.15, -0.1) is 15.3 Å². The highest BCUT2D eigenvalue weighted by Gasteiger charge is 2.25. The van der Waals surface area contributed by atoms with E-state index in [1.807, 2.05) is 38.4 Å². The molecule has 0 fully saturated rings. The number of hydrogen-bond donors (Lipinski definition) is 1. The lowest BCUT2D eigenvalue weighted by molar-refractivity contribution is 0.102. The second-order valence-electron chi connectivity index (χ2n) is 8.82. The predicted molar refractivity (Wildman–Crippen MR) is 130 cm³/mol. The van der Waals surface area contributed by atoms with Crippen molar-refractivity contribution < 1.29 is 9.53 Å². The molecular weight excluding hydrogens is 446 g/mol. The number of carbonyl (C=O) groups excluding carboxylic acids is 1. The van der Waals surface area contributed by atoms with Crippen LogP contribution >= 0.6 is 0 Å². The fourth-order valence-electron chi connectivity index (χ4n) is 4.20. The van der Waals surface area contributed by atoms with Crippen LogP contribution in [0.5, 0.6) is 5.88 Å². The molecule has 0 unspecified atom stereocenters. The number of rotatable bonds is 7. The number of nitrogens with one attached hydrogen (secondary N) is 1. The van der Waals surface area contributed by atoms with Crippen LogP contribution in [-0.2, 0) is 13.0 Å². The lowest BCUT2D eigenvalue weighted by atomic mass is 10.2. The molecule has 0 aliphatic carbocycles. The van der Waals surface area contributed by atoms with Crippen molar-refractivity contribution >= 4 is 11.7 Å². The van der Waals surface area contributed by atoms with E-state index < -0.39 is 0 Å². The van der Waals surface area contributed by atoms with Gasteiger partial charge in [-0.3, -0.25) is 4.79 Å². The zero-order chi connectivity index (χ0) is 24.5. The summed E-state index contributed by atoms with van der Waals surface area (Å²) in [6.45, 7) is 2.93. The van der Waals surface area contributed by atoms with Crippen LogP contribution in [0.15, 0.2) is 42.7 Å². The van der Waals surface area contributed by atoms with Crippen LogP contribution in [0.25, 0.3) is 17.3 Å². The first-order chi connectivity index (χ1) is 16.9. The predicted octanol–water partition coefficient (Wildman–Crippen LogP) is 2.75. The van der Waals surface area contributed by atoms with Gasteiger partial charge in [0.1, 0.15) is 22.9 Å². The van der Waals surface area contributed by atoms with Crippen molar-refractivity contribution in [3.05, 3.63) is 59.7 Å². The van der Waals surface area contributed by atoms with E-state index in [4.69, 9.17) is 4.74 Å². The van der Waals surface area contributed by atoms with Crippen LogP contribution < -0.4 is 10.1 Å². The van der Waals surface area contributed by atoms with Gasteiger partial charge in [-0.2, -0.15) is 0 Å². The van der Waals surface area contributed by atoms with Crippen molar-refractivity contribution in [2.75, 3.05) is 26.5 Å². The Labute approximate surface area is 202 Å². The highest BCUT2D eigenvalue weighted by Crippen LogP contribution is 2.30. The summed E-state index contributed by atoms with van der Waals surface area (Å²) in [5.74, 6) is 2.46. The number of ether oxygens (including phenoxy) is 1. The Kier molecular flexibility index (Phi) is 6.00. The molecule has 5 rings (SSSR count). The third-order valence-corrected chi connectivity index (χ3v) is 5.87. The molecule has 1 aliphatic rings. The molecule has 4 aromatic rings. The highest BCUT2D eigenvalue weighted by atomic mass is 16.5. The van der Waals surface area contributed by atoms with Crippen molar-refractivity contribution in [3.63, 3.8) is 0 Å². The van der Waals surface area contributed by atoms with E-state index in [9.17, 15) is 4.79 Å². The number of aromatic nitrogens is 7. The number of aryl methyl sites for hydroxylation is 1. The molecular formula is C24H27N9O2. The molecule has 0 radical (unpaired) electrons. The van der Waals surface area contributed by atoms with Crippen LogP contribution in [-0.4, -0.2) is 66.5 Å². The third-order valence-electron chi connectivity index (χ3n) is 5.87. The SMILES string of the molecule is COc1nn(-c2ccc(CN(C)C)cn2)cc1C(=O)Nc1cccc(-c2nnc3n2[C@@H](C)CC3)n1. The first-order valence-corrected chi connectivity index (χ1v) is 11.4. The van der Waals surface area contributed by atoms with Gasteiger partial charge in [-0.05, 0) is 51.2 Å². The fraction of sp³-hybridized carbons (Fsp3) is 0.333. The van der Waals surface area contributed by atoms with Crippen molar-refractivity contribution in [1.29, 1.82) is 0 Å². The Hall–Kier alpha value is -4.12. The topological polar surface area (TPSA) is 116 Å². The molecule has 35 heavy (non-hydrogen) atoms. The summed E-state index contributed by atoms with van der Waals surface area (Å²) in [5.41, 5.74) is 2.00. The summed E-state index contributed by atoms with van der Waals surface area (Å²) < 4.78 is 8.99. The Morgan fingerprint density at radius 2 is 2.09 bits per heavy atom. The molecule has 1 atom stereocenters. The van der Waals surface area contributed by atoms with Gasteiger partial charge in [-0.25, -0.2) is 14.6 Å². The van der Waals surface area contributed by atoms with Gasteiger partial charge in [0, 0.05) is 31.4 Å². The summed E-state index contributed by atoms with van der Waals surface area (Å²) in [7, 11) is 5.48. The zero-order valence-electron chi connectivity index (χ0n) is 20.1. The van der Waals surface area contributed by atoms with Gasteiger partial charge in [0.15, 0.2) is 11.6 Å². The average Bonchev–Trinajstić information content (AvgIpc) is 3.56. The molecule has 5 heterocycles. The van der Waals surface area contributed by atoms with E-state index in [1.165, 1.54) is 11.8 Å². The summed E-state index contributed by atoms with van der Waals surface area (Å²) in [6.07, 6.45) is 5.33. The maximum atomic E-state index is 13.1. The largest absolute Gasteiger partial charge is 0.479 e. The summed E-state index contributed by atoms with van der Waals surface area (Å²) in [5, 5.41) is 15.8. The minimum absolute atomic E-state index is 0.196. The van der Waals surface area contributed by atoms with Crippen molar-refractivity contribution in [3.8, 4) is 23.2 Å². The first-order valence-electron chi connectivity index (χ1n) is 11.4. The van der Waals surface area contributed by atoms with E-state index in [-0.39, 0.29) is 17.4 Å². The zero-order valence-corrected chi connectivity index (χ0v) is 20.1. The van der Waals surface area contributed by atoms with Crippen LogP contribution in [0, 0.1) is 0 Å². The average molecular weight is 474 g/mol. The number of methoxy groups -OCH3 is 1. The van der Waals surface area contributed by atoms with Crippen LogP contribution in [0.3, 0.4) is 0 Å². The van der Waals surface area contributed by atoms with Gasteiger partial charge in [0.05, 0.1) is 7.11 Å². The molecule has 11 heteroatoms. The summed E-state index contributed by atoms with van der Waals surface area (Å²) in [4.78, 5) is 24.2. The number of anilines is 1. The second kappa shape index (κ2) is 9.26. The monoisotopic (exact) mass is 473 g/mol. The molecule has 4 aromatic heterocycles. The van der Waals surface area contributed by atoms with Crippen LogP contribution in [0.1, 0.15) is 41.1 Å². The molecule has 0 spiro atoms. The maximum Gasteiger partial charge on any atom is 0.263 e.